The van der Waals surface area contributed by atoms with Gasteiger partial charge in [-0.05, 0) is 36.3 Å². The van der Waals surface area contributed by atoms with Gasteiger partial charge < -0.3 is 14.6 Å². The Balaban J connectivity index is 2.25. The summed E-state index contributed by atoms with van der Waals surface area (Å²) in [4.78, 5) is 25.5. The molecule has 0 amide bonds. The van der Waals surface area contributed by atoms with Gasteiger partial charge in [0.2, 0.25) is 0 Å². The zero-order chi connectivity index (χ0) is 20.7. The Bertz CT molecular complexity index is 1290. The number of benzene rings is 3. The molecule has 0 aromatic heterocycles. The first kappa shape index (κ1) is 19.4. The van der Waals surface area contributed by atoms with Crippen molar-refractivity contribution in [3.8, 4) is 28.2 Å². The van der Waals surface area contributed by atoms with E-state index in [1.807, 2.05) is 12.5 Å². The van der Waals surface area contributed by atoms with Gasteiger partial charge >= 0.3 is 5.97 Å². The summed E-state index contributed by atoms with van der Waals surface area (Å²) in [6, 6.07) is 13.2. The molecule has 4 rings (SSSR count). The molecule has 0 unspecified atom stereocenters. The van der Waals surface area contributed by atoms with Gasteiger partial charge in [-0.1, -0.05) is 18.2 Å². The quantitative estimate of drug-likeness (QED) is 0.334. The van der Waals surface area contributed by atoms with Gasteiger partial charge in [-0.3, -0.25) is 4.79 Å². The largest absolute Gasteiger partial charge is 0.507 e. The van der Waals surface area contributed by atoms with Crippen molar-refractivity contribution in [3.05, 3.63) is 64.3 Å². The van der Waals surface area contributed by atoms with E-state index in [4.69, 9.17) is 4.42 Å². The summed E-state index contributed by atoms with van der Waals surface area (Å²) >= 11 is 2.70. The van der Waals surface area contributed by atoms with Crippen LogP contribution in [-0.4, -0.2) is 28.7 Å². The van der Waals surface area contributed by atoms with Gasteiger partial charge in [-0.15, -0.1) is 23.5 Å². The second kappa shape index (κ2) is 7.50. The number of thioether (sulfide) groups is 2. The van der Waals surface area contributed by atoms with Crippen LogP contribution in [0.3, 0.4) is 0 Å². The van der Waals surface area contributed by atoms with E-state index >= 15 is 0 Å². The van der Waals surface area contributed by atoms with Crippen LogP contribution in [0.5, 0.6) is 5.75 Å². The van der Waals surface area contributed by atoms with Gasteiger partial charge in [0.25, 0.3) is 0 Å². The number of rotatable bonds is 4. The van der Waals surface area contributed by atoms with Gasteiger partial charge in [-0.25, -0.2) is 4.79 Å². The maximum Gasteiger partial charge on any atom is 0.336 e. The summed E-state index contributed by atoms with van der Waals surface area (Å²) in [5.74, 6) is -0.641. The van der Waals surface area contributed by atoms with Crippen molar-refractivity contribution in [2.75, 3.05) is 12.5 Å². The third kappa shape index (κ3) is 3.26. The molecule has 0 atom stereocenters. The summed E-state index contributed by atoms with van der Waals surface area (Å²) < 4.78 is 5.94. The number of aromatic carboxylic acids is 1. The van der Waals surface area contributed by atoms with Crippen LogP contribution in [0.25, 0.3) is 33.4 Å². The molecule has 29 heavy (non-hydrogen) atoms. The molecule has 0 bridgehead atoms. The van der Waals surface area contributed by atoms with E-state index in [0.29, 0.717) is 43.2 Å². The number of fused-ring (bicyclic) bond motifs is 2. The Morgan fingerprint density at radius 1 is 0.966 bits per heavy atom. The molecule has 5 nitrogen and oxygen atoms in total. The van der Waals surface area contributed by atoms with Crippen LogP contribution in [0.2, 0.25) is 0 Å². The predicted octanol–water partition coefficient (Wildman–Crippen LogP) is 5.41. The minimum Gasteiger partial charge on any atom is -0.507 e. The Hall–Kier alpha value is -2.90. The monoisotopic (exact) mass is 424 g/mol. The molecule has 2 aromatic rings. The molecule has 1 aliphatic heterocycles. The van der Waals surface area contributed by atoms with E-state index in [9.17, 15) is 19.8 Å². The molecule has 1 aliphatic carbocycles. The Labute approximate surface area is 174 Å². The molecule has 2 N–H and O–H groups in total. The molecule has 2 aromatic carbocycles. The topological polar surface area (TPSA) is 87.7 Å². The molecular weight excluding hydrogens is 408 g/mol. The van der Waals surface area contributed by atoms with Gasteiger partial charge in [0, 0.05) is 33.5 Å². The van der Waals surface area contributed by atoms with E-state index < -0.39 is 5.97 Å². The normalized spacial score (nSPS) is 11.2. The molecule has 0 saturated heterocycles. The third-order valence-electron chi connectivity index (χ3n) is 4.73. The van der Waals surface area contributed by atoms with Crippen molar-refractivity contribution in [1.82, 2.24) is 0 Å². The van der Waals surface area contributed by atoms with Crippen molar-refractivity contribution < 1.29 is 19.4 Å². The van der Waals surface area contributed by atoms with Crippen LogP contribution in [0.4, 0.5) is 0 Å². The smallest absolute Gasteiger partial charge is 0.336 e. The van der Waals surface area contributed by atoms with Crippen molar-refractivity contribution in [2.24, 2.45) is 0 Å². The molecule has 7 heteroatoms. The molecule has 0 fully saturated rings. The van der Waals surface area contributed by atoms with Crippen LogP contribution in [0.1, 0.15) is 10.4 Å². The van der Waals surface area contributed by atoms with Crippen LogP contribution in [-0.2, 0) is 0 Å². The highest BCUT2D eigenvalue weighted by molar-refractivity contribution is 7.98. The van der Waals surface area contributed by atoms with Crippen molar-refractivity contribution >= 4 is 40.5 Å². The molecule has 0 saturated carbocycles. The number of phenolic OH excluding ortho intramolecular Hbond substituents is 1. The first-order chi connectivity index (χ1) is 13.9. The average Bonchev–Trinajstić information content (AvgIpc) is 2.71. The molecular formula is C22H16O5S2. The van der Waals surface area contributed by atoms with Crippen LogP contribution in [0, 0.1) is 0 Å². The lowest BCUT2D eigenvalue weighted by Crippen LogP contribution is -2.06. The van der Waals surface area contributed by atoms with E-state index in [1.54, 1.807) is 36.4 Å². The van der Waals surface area contributed by atoms with Crippen LogP contribution in [0.15, 0.2) is 67.5 Å². The van der Waals surface area contributed by atoms with Crippen molar-refractivity contribution in [3.63, 3.8) is 0 Å². The van der Waals surface area contributed by atoms with Gasteiger partial charge in [0.05, 0.1) is 10.5 Å². The second-order valence-corrected chi connectivity index (χ2v) is 8.04. The maximum atomic E-state index is 12.4. The molecule has 0 spiro atoms. The Kier molecular flexibility index (Phi) is 5.02. The lowest BCUT2D eigenvalue weighted by atomic mass is 9.91. The second-order valence-electron chi connectivity index (χ2n) is 6.35. The molecule has 1 heterocycles. The van der Waals surface area contributed by atoms with E-state index in [1.165, 1.54) is 35.7 Å². The highest BCUT2D eigenvalue weighted by Crippen LogP contribution is 2.44. The Morgan fingerprint density at radius 3 is 2.38 bits per heavy atom. The highest BCUT2D eigenvalue weighted by atomic mass is 32.2. The van der Waals surface area contributed by atoms with Gasteiger partial charge in [0.15, 0.2) is 5.43 Å². The summed E-state index contributed by atoms with van der Waals surface area (Å²) in [6.07, 6.45) is 3.66. The summed E-state index contributed by atoms with van der Waals surface area (Å²) in [7, 11) is 0. The highest BCUT2D eigenvalue weighted by Gasteiger charge is 2.23. The molecule has 0 radical (unpaired) electrons. The average molecular weight is 424 g/mol. The van der Waals surface area contributed by atoms with Crippen LogP contribution >= 0.6 is 23.5 Å². The lowest BCUT2D eigenvalue weighted by molar-refractivity contribution is 0.0697. The lowest BCUT2D eigenvalue weighted by Gasteiger charge is -2.18. The van der Waals surface area contributed by atoms with Crippen LogP contribution < -0.4 is 5.43 Å². The third-order valence-corrected chi connectivity index (χ3v) is 6.26. The maximum absolute atomic E-state index is 12.4. The number of carboxylic acids is 1. The zero-order valence-corrected chi connectivity index (χ0v) is 17.2. The first-order valence-corrected chi connectivity index (χ1v) is 11.1. The number of hydrogen-bond acceptors (Lipinski definition) is 6. The van der Waals surface area contributed by atoms with Gasteiger partial charge in [0.1, 0.15) is 17.1 Å². The van der Waals surface area contributed by atoms with E-state index in [2.05, 4.69) is 0 Å². The van der Waals surface area contributed by atoms with E-state index in [-0.39, 0.29) is 16.7 Å². The molecule has 146 valence electrons. The number of carboxylic acid groups (broad SMARTS) is 1. The standard InChI is InChI=1S/C22H16O5S2/c1-28-19-7-13-17(9-15(19)23)27-18-10-16(24)20(29-2)8-14(18)21(13)11-5-3-4-6-12(11)22(25)26/h3-10,23H,1-2H3,(H,25,26). The number of aromatic hydroxyl groups is 1. The number of phenols is 1. The predicted molar refractivity (Wildman–Crippen MR) is 117 cm³/mol. The summed E-state index contributed by atoms with van der Waals surface area (Å²) in [5, 5.41) is 20.7. The number of hydrogen-bond donors (Lipinski definition) is 2. The van der Waals surface area contributed by atoms with Crippen molar-refractivity contribution in [1.29, 1.82) is 0 Å². The fourth-order valence-corrected chi connectivity index (χ4v) is 4.41. The number of carbonyl (C=O) groups is 1. The fourth-order valence-electron chi connectivity index (χ4n) is 3.41. The van der Waals surface area contributed by atoms with E-state index in [0.717, 1.165) is 0 Å². The first-order valence-electron chi connectivity index (χ1n) is 8.63. The minimum atomic E-state index is -1.04. The SMILES string of the molecule is CSc1cc2c(-c3ccccc3C(=O)O)c3cc(SC)c(=O)cc-3oc2cc1O. The summed E-state index contributed by atoms with van der Waals surface area (Å²) in [5.41, 5.74) is 2.18. The minimum absolute atomic E-state index is 0.0636. The van der Waals surface area contributed by atoms with Gasteiger partial charge in [-0.2, -0.15) is 0 Å². The fraction of sp³-hybridized carbons (Fsp3) is 0.0909. The summed E-state index contributed by atoms with van der Waals surface area (Å²) in [6.45, 7) is 0. The Morgan fingerprint density at radius 2 is 1.69 bits per heavy atom. The molecule has 2 aliphatic rings. The van der Waals surface area contributed by atoms with Crippen molar-refractivity contribution in [2.45, 2.75) is 9.79 Å². The zero-order valence-electron chi connectivity index (χ0n) is 15.6.